The zero-order valence-electron chi connectivity index (χ0n) is 9.26. The van der Waals surface area contributed by atoms with Crippen molar-refractivity contribution in [1.29, 1.82) is 5.41 Å². The first-order chi connectivity index (χ1) is 7.04. The molecule has 4 heteroatoms. The maximum absolute atomic E-state index is 7.15. The fourth-order valence-electron chi connectivity index (χ4n) is 1.36. The molecule has 0 saturated carbocycles. The van der Waals surface area contributed by atoms with Gasteiger partial charge in [-0.25, -0.2) is 0 Å². The van der Waals surface area contributed by atoms with Crippen LogP contribution in [-0.2, 0) is 5.75 Å². The second kappa shape index (κ2) is 5.07. The van der Waals surface area contributed by atoms with E-state index in [1.54, 1.807) is 7.11 Å². The standard InChI is InChI=1S/C11H16N2OS/c1-7-4-9(6-15-11(12)13)5-10(14-3)8(7)2/h4-5H,6H2,1-3H3,(H3,12,13). The van der Waals surface area contributed by atoms with Crippen LogP contribution in [-0.4, -0.2) is 12.3 Å². The molecule has 0 aliphatic heterocycles. The predicted molar refractivity (Wildman–Crippen MR) is 65.7 cm³/mol. The van der Waals surface area contributed by atoms with Gasteiger partial charge in [0.1, 0.15) is 5.75 Å². The predicted octanol–water partition coefficient (Wildman–Crippen LogP) is 2.44. The number of methoxy groups -OCH3 is 1. The number of hydrogen-bond acceptors (Lipinski definition) is 3. The van der Waals surface area contributed by atoms with Crippen LogP contribution < -0.4 is 10.5 Å². The van der Waals surface area contributed by atoms with Gasteiger partial charge in [0.25, 0.3) is 0 Å². The average Bonchev–Trinajstić information content (AvgIpc) is 2.19. The number of hydrogen-bond donors (Lipinski definition) is 2. The minimum absolute atomic E-state index is 0.146. The number of ether oxygens (including phenoxy) is 1. The lowest BCUT2D eigenvalue weighted by Crippen LogP contribution is -2.04. The van der Waals surface area contributed by atoms with Gasteiger partial charge in [0, 0.05) is 5.75 Å². The first-order valence-corrected chi connectivity index (χ1v) is 5.64. The normalized spacial score (nSPS) is 10.1. The maximum Gasteiger partial charge on any atom is 0.151 e. The van der Waals surface area contributed by atoms with Crippen LogP contribution in [0.4, 0.5) is 0 Å². The van der Waals surface area contributed by atoms with Gasteiger partial charge in [-0.15, -0.1) is 0 Å². The zero-order chi connectivity index (χ0) is 11.4. The third-order valence-electron chi connectivity index (χ3n) is 2.29. The molecule has 0 saturated heterocycles. The lowest BCUT2D eigenvalue weighted by Gasteiger charge is -2.10. The van der Waals surface area contributed by atoms with Crippen molar-refractivity contribution in [2.45, 2.75) is 19.6 Å². The van der Waals surface area contributed by atoms with Crippen molar-refractivity contribution in [3.63, 3.8) is 0 Å². The van der Waals surface area contributed by atoms with E-state index < -0.39 is 0 Å². The highest BCUT2D eigenvalue weighted by molar-refractivity contribution is 8.13. The highest BCUT2D eigenvalue weighted by atomic mass is 32.2. The lowest BCUT2D eigenvalue weighted by molar-refractivity contribution is 0.411. The van der Waals surface area contributed by atoms with Gasteiger partial charge in [-0.2, -0.15) is 0 Å². The fourth-order valence-corrected chi connectivity index (χ4v) is 1.84. The Hall–Kier alpha value is -1.16. The van der Waals surface area contributed by atoms with Gasteiger partial charge in [-0.1, -0.05) is 17.8 Å². The highest BCUT2D eigenvalue weighted by Gasteiger charge is 2.05. The third kappa shape index (κ3) is 3.16. The number of benzene rings is 1. The van der Waals surface area contributed by atoms with Crippen molar-refractivity contribution >= 4 is 16.9 Å². The quantitative estimate of drug-likeness (QED) is 0.612. The van der Waals surface area contributed by atoms with Gasteiger partial charge in [-0.05, 0) is 36.6 Å². The van der Waals surface area contributed by atoms with Gasteiger partial charge in [0.2, 0.25) is 0 Å². The molecule has 0 radical (unpaired) electrons. The van der Waals surface area contributed by atoms with Crippen LogP contribution in [0, 0.1) is 19.3 Å². The summed E-state index contributed by atoms with van der Waals surface area (Å²) in [6.45, 7) is 4.09. The molecule has 0 bridgehead atoms. The maximum atomic E-state index is 7.15. The number of aryl methyl sites for hydroxylation is 1. The van der Waals surface area contributed by atoms with Gasteiger partial charge < -0.3 is 10.5 Å². The molecule has 3 nitrogen and oxygen atoms in total. The molecular weight excluding hydrogens is 208 g/mol. The molecule has 1 aromatic carbocycles. The Balaban J connectivity index is 2.90. The molecule has 0 heterocycles. The summed E-state index contributed by atoms with van der Waals surface area (Å²) in [4.78, 5) is 0. The number of amidine groups is 1. The first-order valence-electron chi connectivity index (χ1n) is 4.65. The van der Waals surface area contributed by atoms with E-state index in [-0.39, 0.29) is 5.17 Å². The Kier molecular flexibility index (Phi) is 4.03. The minimum Gasteiger partial charge on any atom is -0.496 e. The topological polar surface area (TPSA) is 59.1 Å². The summed E-state index contributed by atoms with van der Waals surface area (Å²) in [5, 5.41) is 7.29. The van der Waals surface area contributed by atoms with Crippen molar-refractivity contribution in [2.75, 3.05) is 7.11 Å². The molecule has 0 aromatic heterocycles. The van der Waals surface area contributed by atoms with Crippen LogP contribution >= 0.6 is 11.8 Å². The smallest absolute Gasteiger partial charge is 0.151 e. The van der Waals surface area contributed by atoms with Gasteiger partial charge in [0.15, 0.2) is 5.17 Å². The Morgan fingerprint density at radius 1 is 1.47 bits per heavy atom. The van der Waals surface area contributed by atoms with Crippen LogP contribution in [0.5, 0.6) is 5.75 Å². The van der Waals surface area contributed by atoms with Crippen LogP contribution in [0.15, 0.2) is 12.1 Å². The van der Waals surface area contributed by atoms with Crippen molar-refractivity contribution in [3.05, 3.63) is 28.8 Å². The number of thioether (sulfide) groups is 1. The van der Waals surface area contributed by atoms with Gasteiger partial charge in [0.05, 0.1) is 7.11 Å². The summed E-state index contributed by atoms with van der Waals surface area (Å²) in [5.74, 6) is 1.61. The highest BCUT2D eigenvalue weighted by Crippen LogP contribution is 2.25. The summed E-state index contributed by atoms with van der Waals surface area (Å²) in [6, 6.07) is 4.10. The van der Waals surface area contributed by atoms with E-state index in [4.69, 9.17) is 15.9 Å². The number of nitrogens with one attached hydrogen (secondary N) is 1. The summed E-state index contributed by atoms with van der Waals surface area (Å²) in [6.07, 6.45) is 0. The second-order valence-corrected chi connectivity index (χ2v) is 4.41. The lowest BCUT2D eigenvalue weighted by atomic mass is 10.1. The Morgan fingerprint density at radius 2 is 2.13 bits per heavy atom. The molecule has 0 amide bonds. The zero-order valence-corrected chi connectivity index (χ0v) is 10.1. The van der Waals surface area contributed by atoms with Gasteiger partial charge >= 0.3 is 0 Å². The molecule has 0 fully saturated rings. The van der Waals surface area contributed by atoms with Crippen LogP contribution in [0.3, 0.4) is 0 Å². The van der Waals surface area contributed by atoms with E-state index in [2.05, 4.69) is 13.0 Å². The molecular formula is C11H16N2OS. The molecule has 0 spiro atoms. The van der Waals surface area contributed by atoms with E-state index >= 15 is 0 Å². The summed E-state index contributed by atoms with van der Waals surface area (Å²) in [7, 11) is 1.67. The molecule has 82 valence electrons. The molecule has 0 unspecified atom stereocenters. The summed E-state index contributed by atoms with van der Waals surface area (Å²) in [5.41, 5.74) is 8.79. The van der Waals surface area contributed by atoms with E-state index in [1.807, 2.05) is 13.0 Å². The van der Waals surface area contributed by atoms with Crippen LogP contribution in [0.25, 0.3) is 0 Å². The number of nitrogens with two attached hydrogens (primary N) is 1. The van der Waals surface area contributed by atoms with Crippen molar-refractivity contribution in [3.8, 4) is 5.75 Å². The van der Waals surface area contributed by atoms with E-state index in [9.17, 15) is 0 Å². The second-order valence-electron chi connectivity index (χ2n) is 3.39. The fraction of sp³-hybridized carbons (Fsp3) is 0.364. The molecule has 0 aliphatic carbocycles. The van der Waals surface area contributed by atoms with E-state index in [0.717, 1.165) is 16.9 Å². The molecule has 0 atom stereocenters. The minimum atomic E-state index is 0.146. The first kappa shape index (κ1) is 11.9. The van der Waals surface area contributed by atoms with Crippen LogP contribution in [0.1, 0.15) is 16.7 Å². The van der Waals surface area contributed by atoms with Crippen molar-refractivity contribution in [1.82, 2.24) is 0 Å². The van der Waals surface area contributed by atoms with Crippen LogP contribution in [0.2, 0.25) is 0 Å². The Labute approximate surface area is 94.5 Å². The molecule has 3 N–H and O–H groups in total. The van der Waals surface area contributed by atoms with Gasteiger partial charge in [-0.3, -0.25) is 5.41 Å². The monoisotopic (exact) mass is 224 g/mol. The average molecular weight is 224 g/mol. The summed E-state index contributed by atoms with van der Waals surface area (Å²) >= 11 is 1.32. The molecule has 0 aliphatic rings. The Morgan fingerprint density at radius 3 is 2.67 bits per heavy atom. The molecule has 15 heavy (non-hydrogen) atoms. The van der Waals surface area contributed by atoms with E-state index in [1.165, 1.54) is 17.3 Å². The number of rotatable bonds is 3. The molecule has 1 rings (SSSR count). The van der Waals surface area contributed by atoms with E-state index in [0.29, 0.717) is 5.75 Å². The van der Waals surface area contributed by atoms with Crippen molar-refractivity contribution in [2.24, 2.45) is 5.73 Å². The summed E-state index contributed by atoms with van der Waals surface area (Å²) < 4.78 is 5.28. The Bertz CT molecular complexity index is 377. The van der Waals surface area contributed by atoms with Crippen molar-refractivity contribution < 1.29 is 4.74 Å². The third-order valence-corrected chi connectivity index (χ3v) is 3.08. The molecule has 1 aromatic rings. The SMILES string of the molecule is COc1cc(CSC(=N)N)cc(C)c1C. The largest absolute Gasteiger partial charge is 0.496 e.